The number of pyridine rings is 1. The smallest absolute Gasteiger partial charge is 0.370 e. The molecule has 0 atom stereocenters. The van der Waals surface area contributed by atoms with Gasteiger partial charge in [-0.1, -0.05) is 13.8 Å². The molecule has 118 valence electrons. The predicted octanol–water partition coefficient (Wildman–Crippen LogP) is 4.38. The third-order valence-corrected chi connectivity index (χ3v) is 4.25. The average molecular weight is 301 g/mol. The molecule has 0 radical (unpaired) electrons. The molecule has 1 aliphatic rings. The van der Waals surface area contributed by atoms with Gasteiger partial charge in [0, 0.05) is 13.1 Å². The second-order valence-corrected chi connectivity index (χ2v) is 6.03. The summed E-state index contributed by atoms with van der Waals surface area (Å²) in [5.41, 5.74) is -0.459. The van der Waals surface area contributed by atoms with Crippen LogP contribution in [0, 0.1) is 11.3 Å². The first-order valence-corrected chi connectivity index (χ1v) is 7.34. The van der Waals surface area contributed by atoms with E-state index in [0.29, 0.717) is 19.0 Å². The van der Waals surface area contributed by atoms with Crippen LogP contribution in [0.1, 0.15) is 39.2 Å². The van der Waals surface area contributed by atoms with Crippen LogP contribution in [0.2, 0.25) is 0 Å². The van der Waals surface area contributed by atoms with Gasteiger partial charge >= 0.3 is 6.18 Å². The molecule has 0 unspecified atom stereocenters. The number of hydrogen-bond donors (Lipinski definition) is 2. The van der Waals surface area contributed by atoms with Gasteiger partial charge < -0.3 is 10.6 Å². The van der Waals surface area contributed by atoms with Crippen molar-refractivity contribution >= 4 is 11.6 Å². The van der Waals surface area contributed by atoms with Crippen LogP contribution in [0.5, 0.6) is 0 Å². The average Bonchev–Trinajstić information content (AvgIpc) is 3.17. The highest BCUT2D eigenvalue weighted by atomic mass is 19.4. The van der Waals surface area contributed by atoms with Gasteiger partial charge in [0.25, 0.3) is 0 Å². The molecule has 0 spiro atoms. The van der Waals surface area contributed by atoms with E-state index in [0.717, 1.165) is 25.0 Å². The first-order valence-electron chi connectivity index (χ1n) is 7.34. The van der Waals surface area contributed by atoms with E-state index >= 15 is 0 Å². The molecule has 3 nitrogen and oxygen atoms in total. The monoisotopic (exact) mass is 301 g/mol. The van der Waals surface area contributed by atoms with Crippen LogP contribution in [-0.4, -0.2) is 18.1 Å². The molecular weight excluding hydrogens is 279 g/mol. The molecule has 2 rings (SSSR count). The number of alkyl halides is 3. The maximum atomic E-state index is 12.9. The van der Waals surface area contributed by atoms with Crippen LogP contribution in [0.15, 0.2) is 12.1 Å². The Morgan fingerprint density at radius 2 is 1.76 bits per heavy atom. The molecule has 6 heteroatoms. The predicted molar refractivity (Wildman–Crippen MR) is 78.4 cm³/mol. The number of hydrogen-bond acceptors (Lipinski definition) is 3. The minimum atomic E-state index is -4.36. The van der Waals surface area contributed by atoms with E-state index in [9.17, 15) is 13.2 Å². The topological polar surface area (TPSA) is 37.0 Å². The van der Waals surface area contributed by atoms with Crippen LogP contribution < -0.4 is 10.6 Å². The summed E-state index contributed by atoms with van der Waals surface area (Å²) in [6.45, 7) is 7.33. The molecule has 1 aliphatic carbocycles. The zero-order valence-electron chi connectivity index (χ0n) is 12.6. The number of aromatic nitrogens is 1. The summed E-state index contributed by atoms with van der Waals surface area (Å²) < 4.78 is 38.8. The summed E-state index contributed by atoms with van der Waals surface area (Å²) in [5, 5.41) is 5.93. The van der Waals surface area contributed by atoms with Gasteiger partial charge in [-0.2, -0.15) is 13.2 Å². The van der Waals surface area contributed by atoms with Crippen molar-refractivity contribution in [2.24, 2.45) is 11.3 Å². The highest BCUT2D eigenvalue weighted by Crippen LogP contribution is 2.51. The van der Waals surface area contributed by atoms with Gasteiger partial charge in [-0.3, -0.25) is 0 Å². The third kappa shape index (κ3) is 3.80. The second-order valence-electron chi connectivity index (χ2n) is 6.03. The zero-order chi connectivity index (χ0) is 15.7. The molecule has 1 aromatic heterocycles. The Hall–Kier alpha value is -1.46. The zero-order valence-corrected chi connectivity index (χ0v) is 12.6. The lowest BCUT2D eigenvalue weighted by Crippen LogP contribution is -2.22. The fraction of sp³-hybridized carbons (Fsp3) is 0.667. The second kappa shape index (κ2) is 5.73. The Morgan fingerprint density at radius 3 is 2.19 bits per heavy atom. The SMILES string of the molecule is CCNc1cc(C(F)(F)F)cc(NCC2(C(C)C)CC2)n1. The molecular formula is C15H22F3N3. The van der Waals surface area contributed by atoms with Gasteiger partial charge in [0.05, 0.1) is 5.56 Å². The first-order chi connectivity index (χ1) is 9.77. The fourth-order valence-corrected chi connectivity index (χ4v) is 2.44. The van der Waals surface area contributed by atoms with Gasteiger partial charge in [-0.05, 0) is 43.2 Å². The third-order valence-electron chi connectivity index (χ3n) is 4.25. The van der Waals surface area contributed by atoms with Crippen LogP contribution in [-0.2, 0) is 6.18 Å². The molecule has 0 amide bonds. The molecule has 1 saturated carbocycles. The van der Waals surface area contributed by atoms with Crippen molar-refractivity contribution in [2.45, 2.75) is 39.8 Å². The molecule has 1 heterocycles. The van der Waals surface area contributed by atoms with Crippen molar-refractivity contribution in [3.8, 4) is 0 Å². The van der Waals surface area contributed by atoms with Gasteiger partial charge in [-0.15, -0.1) is 0 Å². The fourth-order valence-electron chi connectivity index (χ4n) is 2.44. The van der Waals surface area contributed by atoms with Gasteiger partial charge in [0.1, 0.15) is 11.6 Å². The van der Waals surface area contributed by atoms with Crippen molar-refractivity contribution in [3.63, 3.8) is 0 Å². The lowest BCUT2D eigenvalue weighted by atomic mass is 9.92. The molecule has 21 heavy (non-hydrogen) atoms. The van der Waals surface area contributed by atoms with Gasteiger partial charge in [-0.25, -0.2) is 4.98 Å². The molecule has 2 N–H and O–H groups in total. The first kappa shape index (κ1) is 15.9. The van der Waals surface area contributed by atoms with Crippen LogP contribution in [0.3, 0.4) is 0 Å². The maximum Gasteiger partial charge on any atom is 0.416 e. The van der Waals surface area contributed by atoms with Gasteiger partial charge in [0.2, 0.25) is 0 Å². The molecule has 0 bridgehead atoms. The number of nitrogens with one attached hydrogen (secondary N) is 2. The van der Waals surface area contributed by atoms with Crippen molar-refractivity contribution in [1.82, 2.24) is 4.98 Å². The largest absolute Gasteiger partial charge is 0.416 e. The Labute approximate surface area is 123 Å². The molecule has 0 aromatic carbocycles. The molecule has 1 aromatic rings. The Balaban J connectivity index is 2.16. The van der Waals surface area contributed by atoms with Crippen LogP contribution >= 0.6 is 0 Å². The minimum Gasteiger partial charge on any atom is -0.370 e. The van der Waals surface area contributed by atoms with Crippen LogP contribution in [0.4, 0.5) is 24.8 Å². The number of rotatable bonds is 6. The summed E-state index contributed by atoms with van der Waals surface area (Å²) in [5.74, 6) is 1.06. The lowest BCUT2D eigenvalue weighted by molar-refractivity contribution is -0.137. The standard InChI is InChI=1S/C15H22F3N3/c1-4-19-12-7-11(15(16,17)18)8-13(21-12)20-9-14(5-6-14)10(2)3/h7-8,10H,4-6,9H2,1-3H3,(H2,19,20,21). The van der Waals surface area contributed by atoms with E-state index in [2.05, 4.69) is 29.5 Å². The summed E-state index contributed by atoms with van der Waals surface area (Å²) >= 11 is 0. The molecule has 1 fully saturated rings. The van der Waals surface area contributed by atoms with Gasteiger partial charge in [0.15, 0.2) is 0 Å². The van der Waals surface area contributed by atoms with E-state index in [1.807, 2.05) is 6.92 Å². The number of halogens is 3. The van der Waals surface area contributed by atoms with Crippen molar-refractivity contribution in [2.75, 3.05) is 23.7 Å². The molecule has 0 saturated heterocycles. The number of anilines is 2. The molecule has 0 aliphatic heterocycles. The van der Waals surface area contributed by atoms with Crippen molar-refractivity contribution in [1.29, 1.82) is 0 Å². The van der Waals surface area contributed by atoms with Crippen molar-refractivity contribution in [3.05, 3.63) is 17.7 Å². The Morgan fingerprint density at radius 1 is 1.19 bits per heavy atom. The maximum absolute atomic E-state index is 12.9. The van der Waals surface area contributed by atoms with E-state index in [1.54, 1.807) is 0 Å². The quantitative estimate of drug-likeness (QED) is 0.818. The van der Waals surface area contributed by atoms with Crippen molar-refractivity contribution < 1.29 is 13.2 Å². The number of nitrogens with zero attached hydrogens (tertiary/aromatic N) is 1. The van der Waals surface area contributed by atoms with E-state index in [-0.39, 0.29) is 17.1 Å². The van der Waals surface area contributed by atoms with E-state index in [1.165, 1.54) is 0 Å². The summed E-state index contributed by atoms with van der Waals surface area (Å²) in [4.78, 5) is 4.20. The highest BCUT2D eigenvalue weighted by molar-refractivity contribution is 5.50. The summed E-state index contributed by atoms with van der Waals surface area (Å²) in [6.07, 6.45) is -2.12. The van der Waals surface area contributed by atoms with E-state index in [4.69, 9.17) is 0 Å². The van der Waals surface area contributed by atoms with Crippen LogP contribution in [0.25, 0.3) is 0 Å². The summed E-state index contributed by atoms with van der Waals surface area (Å²) in [7, 11) is 0. The Bertz CT molecular complexity index is 493. The van der Waals surface area contributed by atoms with E-state index < -0.39 is 11.7 Å². The lowest BCUT2D eigenvalue weighted by Gasteiger charge is -2.21. The highest BCUT2D eigenvalue weighted by Gasteiger charge is 2.45. The minimum absolute atomic E-state index is 0.217. The Kier molecular flexibility index (Phi) is 4.35. The normalized spacial score (nSPS) is 16.9. The summed E-state index contributed by atoms with van der Waals surface area (Å²) in [6, 6.07) is 2.13.